The summed E-state index contributed by atoms with van der Waals surface area (Å²) >= 11 is 0. The topological polar surface area (TPSA) is 40.6 Å². The largest absolute Gasteiger partial charge is 0.329 e. The number of carbonyl (C=O) groups excluding carboxylic acids is 2. The molecule has 0 aliphatic carbocycles. The van der Waals surface area contributed by atoms with Crippen LogP contribution in [-0.2, 0) is 9.59 Å². The minimum Gasteiger partial charge on any atom is -0.329 e. The Morgan fingerprint density at radius 3 is 2.58 bits per heavy atom. The molecule has 0 aromatic rings. The van der Waals surface area contributed by atoms with E-state index in [9.17, 15) is 9.59 Å². The van der Waals surface area contributed by atoms with Crippen molar-refractivity contribution in [3.8, 4) is 12.3 Å². The van der Waals surface area contributed by atoms with Crippen LogP contribution in [0.2, 0.25) is 0 Å². The number of hydrogen-bond donors (Lipinski definition) is 0. The van der Waals surface area contributed by atoms with Crippen LogP contribution in [0.15, 0.2) is 0 Å². The zero-order valence-electron chi connectivity index (χ0n) is 11.9. The molecule has 3 unspecified atom stereocenters. The second kappa shape index (κ2) is 5.24. The molecule has 4 nitrogen and oxygen atoms in total. The summed E-state index contributed by atoms with van der Waals surface area (Å²) in [4.78, 5) is 28.7. The van der Waals surface area contributed by atoms with Crippen molar-refractivity contribution in [2.24, 2.45) is 5.92 Å². The number of fused-ring (bicyclic) bond motifs is 1. The van der Waals surface area contributed by atoms with Crippen molar-refractivity contribution in [2.75, 3.05) is 6.54 Å². The molecule has 2 heterocycles. The fourth-order valence-corrected chi connectivity index (χ4v) is 3.23. The van der Waals surface area contributed by atoms with Crippen molar-refractivity contribution in [2.45, 2.75) is 58.2 Å². The molecule has 0 spiro atoms. The van der Waals surface area contributed by atoms with E-state index in [1.165, 1.54) is 0 Å². The first-order valence-corrected chi connectivity index (χ1v) is 7.11. The Balaban J connectivity index is 2.39. The van der Waals surface area contributed by atoms with Crippen LogP contribution in [0.25, 0.3) is 0 Å². The molecule has 2 aliphatic rings. The molecule has 2 amide bonds. The van der Waals surface area contributed by atoms with Crippen molar-refractivity contribution in [1.29, 1.82) is 0 Å². The van der Waals surface area contributed by atoms with E-state index in [1.54, 1.807) is 9.80 Å². The molecule has 0 bridgehead atoms. The highest BCUT2D eigenvalue weighted by Crippen LogP contribution is 2.31. The first kappa shape index (κ1) is 13.9. The van der Waals surface area contributed by atoms with Gasteiger partial charge in [0.05, 0.1) is 6.04 Å². The van der Waals surface area contributed by atoms with Gasteiger partial charge in [0.1, 0.15) is 12.1 Å². The van der Waals surface area contributed by atoms with E-state index in [4.69, 9.17) is 6.42 Å². The van der Waals surface area contributed by atoms with E-state index in [2.05, 4.69) is 5.92 Å². The third kappa shape index (κ3) is 2.11. The quantitative estimate of drug-likeness (QED) is 0.718. The summed E-state index contributed by atoms with van der Waals surface area (Å²) in [6.45, 7) is 6.62. The molecule has 2 rings (SSSR count). The number of carbonyl (C=O) groups is 2. The van der Waals surface area contributed by atoms with E-state index in [1.807, 2.05) is 20.8 Å². The first-order chi connectivity index (χ1) is 9.02. The zero-order chi connectivity index (χ0) is 14.2. The maximum absolute atomic E-state index is 12.7. The Bertz CT molecular complexity index is 424. The lowest BCUT2D eigenvalue weighted by Gasteiger charge is -2.46. The maximum atomic E-state index is 12.7. The molecule has 0 saturated carbocycles. The van der Waals surface area contributed by atoms with Crippen molar-refractivity contribution in [1.82, 2.24) is 9.80 Å². The Morgan fingerprint density at radius 2 is 2.05 bits per heavy atom. The summed E-state index contributed by atoms with van der Waals surface area (Å²) in [5.41, 5.74) is 0. The van der Waals surface area contributed by atoms with Crippen LogP contribution in [0.4, 0.5) is 0 Å². The monoisotopic (exact) mass is 262 g/mol. The third-order valence-corrected chi connectivity index (χ3v) is 4.17. The lowest BCUT2D eigenvalue weighted by atomic mass is 9.93. The van der Waals surface area contributed by atoms with Crippen molar-refractivity contribution in [3.63, 3.8) is 0 Å². The van der Waals surface area contributed by atoms with E-state index in [0.717, 1.165) is 12.8 Å². The van der Waals surface area contributed by atoms with Gasteiger partial charge in [0.25, 0.3) is 0 Å². The van der Waals surface area contributed by atoms with Gasteiger partial charge in [0, 0.05) is 6.54 Å². The number of nitrogens with zero attached hydrogens (tertiary/aromatic N) is 2. The highest BCUT2D eigenvalue weighted by atomic mass is 16.2. The summed E-state index contributed by atoms with van der Waals surface area (Å²) in [6, 6.07) is -0.945. The number of rotatable bonds is 3. The van der Waals surface area contributed by atoms with Gasteiger partial charge in [-0.05, 0) is 25.2 Å². The average Bonchev–Trinajstić information content (AvgIpc) is 2.85. The summed E-state index contributed by atoms with van der Waals surface area (Å²) in [5.74, 6) is 2.87. The molecule has 0 aromatic heterocycles. The maximum Gasteiger partial charge on any atom is 0.247 e. The molecule has 3 atom stereocenters. The predicted octanol–water partition coefficient (Wildman–Crippen LogP) is 1.26. The first-order valence-electron chi connectivity index (χ1n) is 7.11. The molecular weight excluding hydrogens is 240 g/mol. The SMILES string of the molecule is C#CC(CC)N1C(=O)C2CCCN2C(=O)C1C(C)C. The lowest BCUT2D eigenvalue weighted by Crippen LogP contribution is -2.66. The Kier molecular flexibility index (Phi) is 3.84. The number of piperazine rings is 1. The molecule has 0 N–H and O–H groups in total. The van der Waals surface area contributed by atoms with Crippen LogP contribution in [-0.4, -0.2) is 46.3 Å². The van der Waals surface area contributed by atoms with Gasteiger partial charge in [-0.3, -0.25) is 9.59 Å². The summed E-state index contributed by atoms with van der Waals surface area (Å²) in [7, 11) is 0. The van der Waals surface area contributed by atoms with Gasteiger partial charge >= 0.3 is 0 Å². The number of terminal acetylenes is 1. The Hall–Kier alpha value is -1.50. The van der Waals surface area contributed by atoms with Crippen LogP contribution in [0.5, 0.6) is 0 Å². The summed E-state index contributed by atoms with van der Waals surface area (Å²) < 4.78 is 0. The standard InChI is InChI=1S/C15H22N2O2/c1-5-11(6-2)17-13(10(3)4)15(19)16-9-7-8-12(16)14(17)18/h1,10-13H,6-9H2,2-4H3. The number of amides is 2. The molecule has 4 heteroatoms. The third-order valence-electron chi connectivity index (χ3n) is 4.17. The van der Waals surface area contributed by atoms with Gasteiger partial charge in [0.2, 0.25) is 11.8 Å². The predicted molar refractivity (Wildman–Crippen MR) is 73.1 cm³/mol. The fraction of sp³-hybridized carbons (Fsp3) is 0.733. The number of hydrogen-bond acceptors (Lipinski definition) is 2. The van der Waals surface area contributed by atoms with Gasteiger partial charge in [-0.25, -0.2) is 0 Å². The normalized spacial score (nSPS) is 28.6. The molecule has 19 heavy (non-hydrogen) atoms. The molecule has 2 saturated heterocycles. The zero-order valence-corrected chi connectivity index (χ0v) is 11.9. The van der Waals surface area contributed by atoms with Gasteiger partial charge in [0.15, 0.2) is 0 Å². The minimum atomic E-state index is -0.400. The Morgan fingerprint density at radius 1 is 1.37 bits per heavy atom. The lowest BCUT2D eigenvalue weighted by molar-refractivity contribution is -0.163. The van der Waals surface area contributed by atoms with Gasteiger partial charge in [-0.1, -0.05) is 26.7 Å². The fourth-order valence-electron chi connectivity index (χ4n) is 3.23. The van der Waals surface area contributed by atoms with E-state index < -0.39 is 6.04 Å². The minimum absolute atomic E-state index is 0.0422. The highest BCUT2D eigenvalue weighted by molar-refractivity contribution is 5.98. The molecule has 2 fully saturated rings. The van der Waals surface area contributed by atoms with Crippen molar-refractivity contribution >= 4 is 11.8 Å². The van der Waals surface area contributed by atoms with E-state index in [-0.39, 0.29) is 29.8 Å². The molecule has 0 aromatic carbocycles. The molecular formula is C15H22N2O2. The van der Waals surface area contributed by atoms with Gasteiger partial charge < -0.3 is 9.80 Å². The Labute approximate surface area is 115 Å². The van der Waals surface area contributed by atoms with Crippen LogP contribution in [0.3, 0.4) is 0 Å². The molecule has 104 valence electrons. The van der Waals surface area contributed by atoms with Crippen LogP contribution < -0.4 is 0 Å². The molecule has 2 aliphatic heterocycles. The van der Waals surface area contributed by atoms with Crippen molar-refractivity contribution < 1.29 is 9.59 Å². The average molecular weight is 262 g/mol. The van der Waals surface area contributed by atoms with Crippen LogP contribution in [0, 0.1) is 18.3 Å². The molecule has 0 radical (unpaired) electrons. The second-order valence-corrected chi connectivity index (χ2v) is 5.71. The van der Waals surface area contributed by atoms with Gasteiger partial charge in [-0.15, -0.1) is 6.42 Å². The van der Waals surface area contributed by atoms with Crippen LogP contribution in [0.1, 0.15) is 40.0 Å². The highest BCUT2D eigenvalue weighted by Gasteiger charge is 2.50. The van der Waals surface area contributed by atoms with Crippen molar-refractivity contribution in [3.05, 3.63) is 0 Å². The van der Waals surface area contributed by atoms with E-state index >= 15 is 0 Å². The van der Waals surface area contributed by atoms with E-state index in [0.29, 0.717) is 13.0 Å². The van der Waals surface area contributed by atoms with Crippen LogP contribution >= 0.6 is 0 Å². The van der Waals surface area contributed by atoms with Gasteiger partial charge in [-0.2, -0.15) is 0 Å². The smallest absolute Gasteiger partial charge is 0.247 e. The summed E-state index contributed by atoms with van der Waals surface area (Å²) in [5, 5.41) is 0. The second-order valence-electron chi connectivity index (χ2n) is 5.71. The summed E-state index contributed by atoms with van der Waals surface area (Å²) in [6.07, 6.45) is 7.92.